The Balaban J connectivity index is 1.87. The third-order valence-corrected chi connectivity index (χ3v) is 4.25. The van der Waals surface area contributed by atoms with Crippen molar-refractivity contribution in [1.82, 2.24) is 5.32 Å². The molecule has 3 N–H and O–H groups in total. The van der Waals surface area contributed by atoms with Crippen molar-refractivity contribution in [3.8, 4) is 5.75 Å². The summed E-state index contributed by atoms with van der Waals surface area (Å²) >= 11 is 5.94. The molecule has 4 nitrogen and oxygen atoms in total. The second-order valence-corrected chi connectivity index (χ2v) is 6.05. The molecule has 0 aromatic heterocycles. The molecule has 0 heterocycles. The summed E-state index contributed by atoms with van der Waals surface area (Å²) in [6, 6.07) is 5.34. The third-order valence-electron chi connectivity index (χ3n) is 3.83. The molecule has 0 saturated heterocycles. The molecule has 0 spiro atoms. The minimum absolute atomic E-state index is 0.0105. The van der Waals surface area contributed by atoms with E-state index in [-0.39, 0.29) is 18.1 Å². The lowest BCUT2D eigenvalue weighted by atomic mass is 9.96. The Morgan fingerprint density at radius 1 is 1.55 bits per heavy atom. The Hall–Kier alpha value is -1.26. The highest BCUT2D eigenvalue weighted by molar-refractivity contribution is 6.31. The first kappa shape index (κ1) is 15.1. The summed E-state index contributed by atoms with van der Waals surface area (Å²) in [6.45, 7) is 4.33. The SMILES string of the molecule is Cc1cc(OCC(=O)NC(C)(CN)C2CC2)ccc1Cl. The average molecular weight is 297 g/mol. The van der Waals surface area contributed by atoms with Crippen LogP contribution in [0.2, 0.25) is 5.02 Å². The quantitative estimate of drug-likeness (QED) is 0.846. The molecule has 1 unspecified atom stereocenters. The summed E-state index contributed by atoms with van der Waals surface area (Å²) in [4.78, 5) is 12.0. The molecule has 1 aromatic carbocycles. The highest BCUT2D eigenvalue weighted by Gasteiger charge is 2.41. The number of benzene rings is 1. The Morgan fingerprint density at radius 2 is 2.25 bits per heavy atom. The number of nitrogens with one attached hydrogen (secondary N) is 1. The number of aryl methyl sites for hydroxylation is 1. The number of nitrogens with two attached hydrogens (primary N) is 1. The van der Waals surface area contributed by atoms with Gasteiger partial charge >= 0.3 is 0 Å². The standard InChI is InChI=1S/C15H21ClN2O2/c1-10-7-12(5-6-13(10)16)20-8-14(19)18-15(2,9-17)11-3-4-11/h5-7,11H,3-4,8-9,17H2,1-2H3,(H,18,19). The highest BCUT2D eigenvalue weighted by atomic mass is 35.5. The van der Waals surface area contributed by atoms with Crippen LogP contribution in [0.25, 0.3) is 0 Å². The number of halogens is 1. The molecule has 110 valence electrons. The van der Waals surface area contributed by atoms with Gasteiger partial charge in [0.15, 0.2) is 6.61 Å². The number of rotatable bonds is 6. The van der Waals surface area contributed by atoms with E-state index in [0.717, 1.165) is 18.4 Å². The molecular formula is C15H21ClN2O2. The largest absolute Gasteiger partial charge is 0.484 e. The summed E-state index contributed by atoms with van der Waals surface area (Å²) in [7, 11) is 0. The van der Waals surface area contributed by atoms with Crippen molar-refractivity contribution in [1.29, 1.82) is 0 Å². The van der Waals surface area contributed by atoms with Crippen LogP contribution in [0.1, 0.15) is 25.3 Å². The molecule has 1 aromatic rings. The van der Waals surface area contributed by atoms with Crippen molar-refractivity contribution < 1.29 is 9.53 Å². The first-order valence-corrected chi connectivity index (χ1v) is 7.22. The van der Waals surface area contributed by atoms with Crippen LogP contribution in [0, 0.1) is 12.8 Å². The smallest absolute Gasteiger partial charge is 0.258 e. The predicted molar refractivity (Wildman–Crippen MR) is 80.0 cm³/mol. The zero-order valence-corrected chi connectivity index (χ0v) is 12.7. The summed E-state index contributed by atoms with van der Waals surface area (Å²) < 4.78 is 5.48. The van der Waals surface area contributed by atoms with Gasteiger partial charge in [-0.25, -0.2) is 0 Å². The lowest BCUT2D eigenvalue weighted by Crippen LogP contribution is -2.54. The highest BCUT2D eigenvalue weighted by Crippen LogP contribution is 2.38. The number of carbonyl (C=O) groups excluding carboxylic acids is 1. The van der Waals surface area contributed by atoms with Gasteiger partial charge in [-0.15, -0.1) is 0 Å². The third kappa shape index (κ3) is 3.64. The van der Waals surface area contributed by atoms with Gasteiger partial charge in [-0.1, -0.05) is 11.6 Å². The number of hydrogen-bond acceptors (Lipinski definition) is 3. The number of hydrogen-bond donors (Lipinski definition) is 2. The van der Waals surface area contributed by atoms with E-state index in [1.54, 1.807) is 12.1 Å². The van der Waals surface area contributed by atoms with Gasteiger partial charge in [0.05, 0.1) is 5.54 Å². The normalized spacial score (nSPS) is 17.4. The van der Waals surface area contributed by atoms with Crippen molar-refractivity contribution >= 4 is 17.5 Å². The molecular weight excluding hydrogens is 276 g/mol. The van der Waals surface area contributed by atoms with Gasteiger partial charge in [0, 0.05) is 11.6 Å². The van der Waals surface area contributed by atoms with Crippen LogP contribution in [0.5, 0.6) is 5.75 Å². The molecule has 2 rings (SSSR count). The van der Waals surface area contributed by atoms with Gasteiger partial charge in [-0.05, 0) is 56.4 Å². The Morgan fingerprint density at radius 3 is 2.80 bits per heavy atom. The molecule has 0 bridgehead atoms. The van der Waals surface area contributed by atoms with E-state index in [0.29, 0.717) is 23.2 Å². The molecule has 1 atom stereocenters. The van der Waals surface area contributed by atoms with Gasteiger partial charge < -0.3 is 15.8 Å². The lowest BCUT2D eigenvalue weighted by Gasteiger charge is -2.29. The fourth-order valence-electron chi connectivity index (χ4n) is 2.25. The Bertz CT molecular complexity index is 503. The van der Waals surface area contributed by atoms with Gasteiger partial charge in [0.1, 0.15) is 5.75 Å². The maximum atomic E-state index is 12.0. The fraction of sp³-hybridized carbons (Fsp3) is 0.533. The van der Waals surface area contributed by atoms with E-state index in [1.807, 2.05) is 19.9 Å². The topological polar surface area (TPSA) is 64.3 Å². The van der Waals surface area contributed by atoms with E-state index < -0.39 is 0 Å². The fourth-order valence-corrected chi connectivity index (χ4v) is 2.37. The van der Waals surface area contributed by atoms with Gasteiger partial charge in [0.25, 0.3) is 5.91 Å². The van der Waals surface area contributed by atoms with E-state index in [9.17, 15) is 4.79 Å². The van der Waals surface area contributed by atoms with E-state index in [4.69, 9.17) is 22.1 Å². The number of carbonyl (C=O) groups is 1. The van der Waals surface area contributed by atoms with Crippen molar-refractivity contribution in [2.75, 3.05) is 13.2 Å². The average Bonchev–Trinajstić information content (AvgIpc) is 3.25. The summed E-state index contributed by atoms with van der Waals surface area (Å²) in [5.74, 6) is 0.995. The van der Waals surface area contributed by atoms with Gasteiger partial charge in [0.2, 0.25) is 0 Å². The van der Waals surface area contributed by atoms with Crippen molar-refractivity contribution in [2.24, 2.45) is 11.7 Å². The molecule has 1 aliphatic rings. The molecule has 1 fully saturated rings. The molecule has 0 radical (unpaired) electrons. The first-order valence-electron chi connectivity index (χ1n) is 6.84. The van der Waals surface area contributed by atoms with Crippen molar-refractivity contribution in [3.63, 3.8) is 0 Å². The second kappa shape index (κ2) is 6.02. The Kier molecular flexibility index (Phi) is 4.55. The zero-order chi connectivity index (χ0) is 14.8. The van der Waals surface area contributed by atoms with Crippen LogP contribution in [-0.2, 0) is 4.79 Å². The maximum Gasteiger partial charge on any atom is 0.258 e. The van der Waals surface area contributed by atoms with Crippen LogP contribution < -0.4 is 15.8 Å². The first-order chi connectivity index (χ1) is 9.44. The lowest BCUT2D eigenvalue weighted by molar-refractivity contribution is -0.125. The van der Waals surface area contributed by atoms with Gasteiger partial charge in [-0.2, -0.15) is 0 Å². The predicted octanol–water partition coefficient (Wildman–Crippen LogP) is 2.27. The van der Waals surface area contributed by atoms with Crippen LogP contribution in [-0.4, -0.2) is 24.6 Å². The van der Waals surface area contributed by atoms with Crippen LogP contribution >= 0.6 is 11.6 Å². The van der Waals surface area contributed by atoms with Crippen LogP contribution in [0.4, 0.5) is 0 Å². The second-order valence-electron chi connectivity index (χ2n) is 5.64. The van der Waals surface area contributed by atoms with E-state index in [2.05, 4.69) is 5.32 Å². The zero-order valence-electron chi connectivity index (χ0n) is 11.9. The molecule has 20 heavy (non-hydrogen) atoms. The van der Waals surface area contributed by atoms with Crippen molar-refractivity contribution in [3.05, 3.63) is 28.8 Å². The van der Waals surface area contributed by atoms with E-state index >= 15 is 0 Å². The minimum atomic E-state index is -0.309. The monoisotopic (exact) mass is 296 g/mol. The summed E-state index contributed by atoms with van der Waals surface area (Å²) in [5, 5.41) is 3.67. The summed E-state index contributed by atoms with van der Waals surface area (Å²) in [6.07, 6.45) is 2.26. The Labute approximate surface area is 124 Å². The molecule has 1 aliphatic carbocycles. The molecule has 1 amide bonds. The van der Waals surface area contributed by atoms with Gasteiger partial charge in [-0.3, -0.25) is 4.79 Å². The van der Waals surface area contributed by atoms with Crippen LogP contribution in [0.15, 0.2) is 18.2 Å². The molecule has 5 heteroatoms. The molecule has 0 aliphatic heterocycles. The summed E-state index contributed by atoms with van der Waals surface area (Å²) in [5.41, 5.74) is 6.39. The van der Waals surface area contributed by atoms with Crippen LogP contribution in [0.3, 0.4) is 0 Å². The van der Waals surface area contributed by atoms with E-state index in [1.165, 1.54) is 0 Å². The maximum absolute atomic E-state index is 12.0. The molecule has 1 saturated carbocycles. The minimum Gasteiger partial charge on any atom is -0.484 e. The number of ether oxygens (including phenoxy) is 1. The number of amides is 1. The van der Waals surface area contributed by atoms with Crippen molar-refractivity contribution in [2.45, 2.75) is 32.2 Å².